The van der Waals surface area contributed by atoms with Crippen molar-refractivity contribution in [2.45, 2.75) is 12.1 Å². The molecule has 0 aliphatic heterocycles. The quantitative estimate of drug-likeness (QED) is 0.268. The van der Waals surface area contributed by atoms with Crippen LogP contribution in [0.3, 0.4) is 0 Å². The molecule has 0 saturated heterocycles. The van der Waals surface area contributed by atoms with Crippen LogP contribution in [0, 0.1) is 6.92 Å². The van der Waals surface area contributed by atoms with Gasteiger partial charge in [0.15, 0.2) is 11.0 Å². The average Bonchev–Trinajstić information content (AvgIpc) is 3.47. The van der Waals surface area contributed by atoms with Crippen LogP contribution >= 0.6 is 11.8 Å². The van der Waals surface area contributed by atoms with E-state index in [-0.39, 0.29) is 22.9 Å². The molecule has 0 radical (unpaired) electrons. The fraction of sp³-hybridized carbons (Fsp3) is 0.129. The minimum atomic E-state index is -0.300. The lowest BCUT2D eigenvalue weighted by molar-refractivity contribution is -0.113. The summed E-state index contributed by atoms with van der Waals surface area (Å²) in [7, 11) is 3.67. The van der Waals surface area contributed by atoms with E-state index < -0.39 is 0 Å². The second kappa shape index (κ2) is 10.9. The van der Waals surface area contributed by atoms with Crippen LogP contribution in [-0.2, 0) is 18.9 Å². The van der Waals surface area contributed by atoms with Crippen molar-refractivity contribution in [1.29, 1.82) is 0 Å². The molecular weight excluding hydrogens is 534 g/mol. The third kappa shape index (κ3) is 4.93. The molecule has 0 saturated carbocycles. The number of benzene rings is 3. The lowest BCUT2D eigenvalue weighted by Gasteiger charge is -2.10. The zero-order chi connectivity index (χ0) is 28.5. The molecule has 3 heterocycles. The Balaban J connectivity index is 1.25. The Morgan fingerprint density at radius 3 is 2.34 bits per heavy atom. The highest BCUT2D eigenvalue weighted by Crippen LogP contribution is 2.32. The predicted molar refractivity (Wildman–Crippen MR) is 162 cm³/mol. The lowest BCUT2D eigenvalue weighted by atomic mass is 10.0. The van der Waals surface area contributed by atoms with E-state index in [4.69, 9.17) is 4.98 Å². The van der Waals surface area contributed by atoms with Gasteiger partial charge in [-0.15, -0.1) is 10.2 Å². The number of nitrogens with one attached hydrogen (secondary N) is 1. The number of pyridine rings is 1. The number of hydrogen-bond donors (Lipinski definition) is 1. The van der Waals surface area contributed by atoms with E-state index in [0.717, 1.165) is 33.4 Å². The maximum absolute atomic E-state index is 13.2. The Bertz CT molecular complexity index is 1940. The number of para-hydroxylation sites is 2. The molecule has 3 aromatic heterocycles. The van der Waals surface area contributed by atoms with Crippen molar-refractivity contribution in [3.8, 4) is 28.3 Å². The number of hydrogen-bond acceptors (Lipinski definition) is 6. The van der Waals surface area contributed by atoms with Gasteiger partial charge in [-0.1, -0.05) is 78.5 Å². The Kier molecular flexibility index (Phi) is 6.98. The van der Waals surface area contributed by atoms with Gasteiger partial charge in [0.2, 0.25) is 5.91 Å². The number of aromatic nitrogens is 6. The largest absolute Gasteiger partial charge is 0.319 e. The van der Waals surface area contributed by atoms with E-state index in [1.807, 2.05) is 103 Å². The molecule has 0 atom stereocenters. The summed E-state index contributed by atoms with van der Waals surface area (Å²) in [5.74, 6) is 0.442. The van der Waals surface area contributed by atoms with Gasteiger partial charge < -0.3 is 9.88 Å². The number of amides is 1. The molecule has 41 heavy (non-hydrogen) atoms. The Labute approximate surface area is 240 Å². The van der Waals surface area contributed by atoms with Crippen LogP contribution in [-0.4, -0.2) is 40.8 Å². The summed E-state index contributed by atoms with van der Waals surface area (Å²) in [6.45, 7) is 1.81. The van der Waals surface area contributed by atoms with E-state index in [0.29, 0.717) is 16.7 Å². The van der Waals surface area contributed by atoms with Crippen LogP contribution in [0.4, 0.5) is 5.69 Å². The van der Waals surface area contributed by atoms with E-state index in [9.17, 15) is 9.59 Å². The van der Waals surface area contributed by atoms with Gasteiger partial charge in [-0.05, 0) is 31.2 Å². The molecule has 6 rings (SSSR count). The number of nitrogens with zero attached hydrogens (tertiary/aromatic N) is 6. The maximum Gasteiger partial charge on any atom is 0.295 e. The highest BCUT2D eigenvalue weighted by atomic mass is 32.2. The molecule has 0 fully saturated rings. The van der Waals surface area contributed by atoms with Crippen molar-refractivity contribution in [2.75, 3.05) is 11.1 Å². The Morgan fingerprint density at radius 1 is 0.902 bits per heavy atom. The molecule has 1 N–H and O–H groups in total. The van der Waals surface area contributed by atoms with Gasteiger partial charge in [0.25, 0.3) is 5.56 Å². The normalized spacial score (nSPS) is 11.2. The molecule has 6 aromatic rings. The standard InChI is InChI=1S/C31H27N7O2S/c1-20-28(30(40)38(37(20)3)22-14-8-5-9-15-22)33-27(39)19-41-31-35-34-29(36(31)2)24-18-26(21-12-6-4-7-13-21)32-25-17-11-10-16-23(24)25/h4-18H,19H2,1-3H3,(H,33,39). The molecule has 0 bridgehead atoms. The summed E-state index contributed by atoms with van der Waals surface area (Å²) in [4.78, 5) is 31.0. The number of fused-ring (bicyclic) bond motifs is 1. The first-order chi connectivity index (χ1) is 19.9. The predicted octanol–water partition coefficient (Wildman–Crippen LogP) is 5.23. The van der Waals surface area contributed by atoms with Gasteiger partial charge in [-0.2, -0.15) is 0 Å². The smallest absolute Gasteiger partial charge is 0.295 e. The molecular formula is C31H27N7O2S. The van der Waals surface area contributed by atoms with Crippen LogP contribution in [0.5, 0.6) is 0 Å². The van der Waals surface area contributed by atoms with Crippen molar-refractivity contribution < 1.29 is 4.79 Å². The zero-order valence-electron chi connectivity index (χ0n) is 22.8. The van der Waals surface area contributed by atoms with Gasteiger partial charge in [-0.3, -0.25) is 14.3 Å². The third-order valence-electron chi connectivity index (χ3n) is 7.01. The first kappa shape index (κ1) is 26.3. The molecule has 0 aliphatic rings. The monoisotopic (exact) mass is 561 g/mol. The number of carbonyl (C=O) groups is 1. The molecule has 0 spiro atoms. The average molecular weight is 562 g/mol. The summed E-state index contributed by atoms with van der Waals surface area (Å²) < 4.78 is 5.15. The van der Waals surface area contributed by atoms with Gasteiger partial charge in [0.1, 0.15) is 5.69 Å². The van der Waals surface area contributed by atoms with E-state index in [2.05, 4.69) is 15.5 Å². The highest BCUT2D eigenvalue weighted by molar-refractivity contribution is 7.99. The first-order valence-electron chi connectivity index (χ1n) is 13.0. The van der Waals surface area contributed by atoms with E-state index in [1.54, 1.807) is 18.7 Å². The van der Waals surface area contributed by atoms with Gasteiger partial charge in [0, 0.05) is 30.6 Å². The zero-order valence-corrected chi connectivity index (χ0v) is 23.6. The summed E-state index contributed by atoms with van der Waals surface area (Å²) in [5.41, 5.74) is 4.99. The summed E-state index contributed by atoms with van der Waals surface area (Å²) in [5, 5.41) is 13.2. The van der Waals surface area contributed by atoms with Gasteiger partial charge in [-0.25, -0.2) is 9.67 Å². The number of carbonyl (C=O) groups excluding carboxylic acids is 1. The molecule has 0 unspecified atom stereocenters. The lowest BCUT2D eigenvalue weighted by Crippen LogP contribution is -2.23. The fourth-order valence-electron chi connectivity index (χ4n) is 4.81. The minimum absolute atomic E-state index is 0.0669. The van der Waals surface area contributed by atoms with E-state index in [1.165, 1.54) is 16.4 Å². The second-order valence-corrected chi connectivity index (χ2v) is 10.5. The Morgan fingerprint density at radius 2 is 1.59 bits per heavy atom. The van der Waals surface area contributed by atoms with Gasteiger partial charge >= 0.3 is 0 Å². The first-order valence-corrected chi connectivity index (χ1v) is 14.0. The molecule has 1 amide bonds. The molecule has 204 valence electrons. The van der Waals surface area contributed by atoms with Gasteiger partial charge in [0.05, 0.1) is 28.3 Å². The SMILES string of the molecule is Cc1c(NC(=O)CSc2nnc(-c3cc(-c4ccccc4)nc4ccccc34)n2C)c(=O)n(-c2ccccc2)n1C. The van der Waals surface area contributed by atoms with Crippen LogP contribution in [0.15, 0.2) is 101 Å². The van der Waals surface area contributed by atoms with Crippen LogP contribution in [0.25, 0.3) is 39.2 Å². The molecule has 3 aromatic carbocycles. The number of thioether (sulfide) groups is 1. The van der Waals surface area contributed by atoms with Crippen LogP contribution in [0.2, 0.25) is 0 Å². The summed E-state index contributed by atoms with van der Waals surface area (Å²) >= 11 is 1.26. The topological polar surface area (TPSA) is 99.6 Å². The molecule has 9 nitrogen and oxygen atoms in total. The van der Waals surface area contributed by atoms with E-state index >= 15 is 0 Å². The molecule has 0 aliphatic carbocycles. The van der Waals surface area contributed by atoms with Crippen molar-refractivity contribution >= 4 is 34.3 Å². The van der Waals surface area contributed by atoms with Crippen LogP contribution < -0.4 is 10.9 Å². The summed E-state index contributed by atoms with van der Waals surface area (Å²) in [6.07, 6.45) is 0. The van der Waals surface area contributed by atoms with Crippen molar-refractivity contribution in [3.63, 3.8) is 0 Å². The molecule has 10 heteroatoms. The maximum atomic E-state index is 13.2. The van der Waals surface area contributed by atoms with Crippen molar-refractivity contribution in [1.82, 2.24) is 29.1 Å². The highest BCUT2D eigenvalue weighted by Gasteiger charge is 2.20. The van der Waals surface area contributed by atoms with Crippen LogP contribution in [0.1, 0.15) is 5.69 Å². The second-order valence-electron chi connectivity index (χ2n) is 9.58. The summed E-state index contributed by atoms with van der Waals surface area (Å²) in [6, 6.07) is 29.3. The van der Waals surface area contributed by atoms with Crippen molar-refractivity contribution in [3.05, 3.63) is 107 Å². The van der Waals surface area contributed by atoms with Crippen molar-refractivity contribution in [2.24, 2.45) is 14.1 Å². The Hall–Kier alpha value is -4.96. The number of anilines is 1. The number of rotatable bonds is 7. The third-order valence-corrected chi connectivity index (χ3v) is 8.03. The minimum Gasteiger partial charge on any atom is -0.319 e. The fourth-order valence-corrected chi connectivity index (χ4v) is 5.52.